The fraction of sp³-hybridized carbons (Fsp3) is 0.353. The molecule has 1 fully saturated rings. The highest BCUT2D eigenvalue weighted by Gasteiger charge is 2.41. The van der Waals surface area contributed by atoms with Gasteiger partial charge in [0, 0.05) is 25.0 Å². The third kappa shape index (κ3) is 10.6. The maximum absolute atomic E-state index is 12.0. The van der Waals surface area contributed by atoms with Gasteiger partial charge in [-0.1, -0.05) is 66.7 Å². The van der Waals surface area contributed by atoms with Crippen molar-refractivity contribution in [1.82, 2.24) is 15.2 Å². The Morgan fingerprint density at radius 2 is 1.42 bits per heavy atom. The highest BCUT2D eigenvalue weighted by Crippen LogP contribution is 2.41. The number of carboxylic acid groups (broad SMARTS) is 2. The first kappa shape index (κ1) is 35.1. The number of nitrogens with zero attached hydrogens (tertiary/aromatic N) is 2. The van der Waals surface area contributed by atoms with E-state index in [1.54, 1.807) is 24.5 Å². The van der Waals surface area contributed by atoms with Gasteiger partial charge in [-0.25, -0.2) is 9.59 Å². The number of piperidine rings is 1. The van der Waals surface area contributed by atoms with Crippen LogP contribution in [-0.2, 0) is 20.0 Å². The highest BCUT2D eigenvalue weighted by molar-refractivity contribution is 5.91. The van der Waals surface area contributed by atoms with Crippen molar-refractivity contribution in [3.05, 3.63) is 108 Å². The van der Waals surface area contributed by atoms with Crippen molar-refractivity contribution in [2.24, 2.45) is 5.92 Å². The van der Waals surface area contributed by atoms with Crippen molar-refractivity contribution in [3.8, 4) is 0 Å². The first-order valence-corrected chi connectivity index (χ1v) is 14.9. The molecule has 11 heteroatoms. The molecule has 2 unspecified atom stereocenters. The second kappa shape index (κ2) is 17.8. The van der Waals surface area contributed by atoms with E-state index in [0.29, 0.717) is 6.54 Å². The molecule has 4 rings (SSSR count). The average molecular weight is 620 g/mol. The molecule has 0 saturated carbocycles. The molecular formula is C34H41N3O8. The second-order valence-corrected chi connectivity index (χ2v) is 10.8. The summed E-state index contributed by atoms with van der Waals surface area (Å²) < 4.78 is 0. The van der Waals surface area contributed by atoms with Crippen LogP contribution in [0.4, 0.5) is 0 Å². The van der Waals surface area contributed by atoms with Gasteiger partial charge in [0.2, 0.25) is 5.91 Å². The Labute approximate surface area is 262 Å². The number of hydrogen-bond donors (Lipinski definition) is 6. The summed E-state index contributed by atoms with van der Waals surface area (Å²) in [5, 5.41) is 47.5. The van der Waals surface area contributed by atoms with E-state index in [-0.39, 0.29) is 11.8 Å². The zero-order chi connectivity index (χ0) is 32.7. The van der Waals surface area contributed by atoms with Crippen LogP contribution in [0.5, 0.6) is 0 Å². The maximum Gasteiger partial charge on any atom is 0.335 e. The molecule has 240 valence electrons. The molecule has 1 saturated heterocycles. The van der Waals surface area contributed by atoms with Crippen LogP contribution in [0.2, 0.25) is 0 Å². The summed E-state index contributed by atoms with van der Waals surface area (Å²) in [7, 11) is 0. The molecule has 2 aromatic carbocycles. The Morgan fingerprint density at radius 1 is 0.867 bits per heavy atom. The molecule has 2 atom stereocenters. The smallest absolute Gasteiger partial charge is 0.335 e. The molecule has 3 aromatic rings. The van der Waals surface area contributed by atoms with Crippen LogP contribution in [0, 0.1) is 5.92 Å². The van der Waals surface area contributed by atoms with E-state index >= 15 is 0 Å². The molecule has 2 heterocycles. The van der Waals surface area contributed by atoms with Crippen LogP contribution < -0.4 is 5.32 Å². The number of carbonyl (C=O) groups excluding carboxylic acids is 1. The van der Waals surface area contributed by atoms with E-state index in [9.17, 15) is 19.5 Å². The van der Waals surface area contributed by atoms with Gasteiger partial charge in [0.05, 0.1) is 0 Å². The van der Waals surface area contributed by atoms with Crippen LogP contribution in [0.25, 0.3) is 6.08 Å². The van der Waals surface area contributed by atoms with Crippen molar-refractivity contribution in [2.45, 2.75) is 43.5 Å². The standard InChI is InChI=1S/C30H35N3O2.C4H6O6/c34-29(16-15-25-10-9-19-31-24-25)32-20-7-8-21-33-22-17-28(18-23-33)30(35,26-11-3-1-4-12-26)27-13-5-2-6-14-27;5-1(3(7)8)2(6)4(9)10/h1-6,9-16,19,24,28,35H,7-8,17-18,20-23H2,(H,32,34);1-2,5-6H,(H,7,8)(H,9,10)/b16-15+;. The normalized spacial score (nSPS) is 15.4. The van der Waals surface area contributed by atoms with Gasteiger partial charge in [-0.05, 0) is 80.1 Å². The van der Waals surface area contributed by atoms with E-state index in [4.69, 9.17) is 20.4 Å². The lowest BCUT2D eigenvalue weighted by molar-refractivity contribution is -0.165. The molecule has 1 aliphatic heterocycles. The number of aliphatic hydroxyl groups excluding tert-OH is 2. The number of carbonyl (C=O) groups is 3. The van der Waals surface area contributed by atoms with Gasteiger partial charge in [0.1, 0.15) is 5.60 Å². The zero-order valence-electron chi connectivity index (χ0n) is 25.0. The van der Waals surface area contributed by atoms with E-state index in [2.05, 4.69) is 15.2 Å². The fourth-order valence-corrected chi connectivity index (χ4v) is 5.24. The van der Waals surface area contributed by atoms with Crippen molar-refractivity contribution in [1.29, 1.82) is 0 Å². The summed E-state index contributed by atoms with van der Waals surface area (Å²) in [6, 6.07) is 24.0. The zero-order valence-corrected chi connectivity index (χ0v) is 25.0. The second-order valence-electron chi connectivity index (χ2n) is 10.8. The molecular weight excluding hydrogens is 578 g/mol. The van der Waals surface area contributed by atoms with Crippen LogP contribution in [0.3, 0.4) is 0 Å². The molecule has 1 aliphatic rings. The minimum Gasteiger partial charge on any atom is -0.479 e. The maximum atomic E-state index is 12.0. The van der Waals surface area contributed by atoms with Crippen molar-refractivity contribution in [3.63, 3.8) is 0 Å². The molecule has 0 radical (unpaired) electrons. The summed E-state index contributed by atoms with van der Waals surface area (Å²) >= 11 is 0. The van der Waals surface area contributed by atoms with E-state index in [0.717, 1.165) is 62.0 Å². The number of carboxylic acids is 2. The molecule has 45 heavy (non-hydrogen) atoms. The minimum absolute atomic E-state index is 0.0734. The predicted octanol–water partition coefficient (Wildman–Crippen LogP) is 2.52. The number of unbranched alkanes of at least 4 members (excludes halogenated alkanes) is 1. The van der Waals surface area contributed by atoms with Crippen molar-refractivity contribution in [2.75, 3.05) is 26.2 Å². The summed E-state index contributed by atoms with van der Waals surface area (Å²) in [5.74, 6) is -3.44. The number of hydrogen-bond acceptors (Lipinski definition) is 8. The Bertz CT molecular complexity index is 1310. The summed E-state index contributed by atoms with van der Waals surface area (Å²) in [4.78, 5) is 38.1. The number of aliphatic carboxylic acids is 2. The lowest BCUT2D eigenvalue weighted by Crippen LogP contribution is -2.44. The van der Waals surface area contributed by atoms with E-state index in [1.807, 2.05) is 72.8 Å². The van der Waals surface area contributed by atoms with Gasteiger partial charge in [-0.2, -0.15) is 0 Å². The monoisotopic (exact) mass is 619 g/mol. The first-order chi connectivity index (χ1) is 21.6. The summed E-state index contributed by atoms with van der Waals surface area (Å²) in [5.41, 5.74) is 1.88. The van der Waals surface area contributed by atoms with E-state index < -0.39 is 29.7 Å². The van der Waals surface area contributed by atoms with Crippen molar-refractivity contribution >= 4 is 23.9 Å². The molecule has 6 N–H and O–H groups in total. The number of benzene rings is 2. The van der Waals surface area contributed by atoms with Gasteiger partial charge in [0.25, 0.3) is 0 Å². The number of rotatable bonds is 13. The molecule has 1 amide bonds. The number of nitrogens with one attached hydrogen (secondary N) is 1. The molecule has 11 nitrogen and oxygen atoms in total. The topological polar surface area (TPSA) is 181 Å². The molecule has 0 aliphatic carbocycles. The molecule has 0 spiro atoms. The third-order valence-electron chi connectivity index (χ3n) is 7.72. The average Bonchev–Trinajstić information content (AvgIpc) is 3.08. The minimum atomic E-state index is -2.27. The molecule has 1 aromatic heterocycles. The number of amides is 1. The number of pyridine rings is 1. The summed E-state index contributed by atoms with van der Waals surface area (Å²) in [6.45, 7) is 3.65. The van der Waals surface area contributed by atoms with Gasteiger partial charge >= 0.3 is 11.9 Å². The highest BCUT2D eigenvalue weighted by atomic mass is 16.4. The van der Waals surface area contributed by atoms with Gasteiger partial charge in [0.15, 0.2) is 12.2 Å². The quantitative estimate of drug-likeness (QED) is 0.123. The van der Waals surface area contributed by atoms with Gasteiger partial charge in [-0.15, -0.1) is 0 Å². The lowest BCUT2D eigenvalue weighted by Gasteiger charge is -2.42. The van der Waals surface area contributed by atoms with Crippen LogP contribution in [0.1, 0.15) is 42.4 Å². The van der Waals surface area contributed by atoms with E-state index in [1.165, 1.54) is 0 Å². The number of aliphatic hydroxyl groups is 3. The predicted molar refractivity (Wildman–Crippen MR) is 168 cm³/mol. The van der Waals surface area contributed by atoms with Crippen molar-refractivity contribution < 1.29 is 39.9 Å². The number of likely N-dealkylation sites (tertiary alicyclic amines) is 1. The SMILES string of the molecule is O=C(/C=C/c1cccnc1)NCCCCN1CCC(C(O)(c2ccccc2)c2ccccc2)CC1.O=C(O)C(O)C(O)C(=O)O. The van der Waals surface area contributed by atoms with Gasteiger partial charge < -0.3 is 35.7 Å². The van der Waals surface area contributed by atoms with Crippen LogP contribution >= 0.6 is 0 Å². The third-order valence-corrected chi connectivity index (χ3v) is 7.72. The largest absolute Gasteiger partial charge is 0.479 e. The fourth-order valence-electron chi connectivity index (χ4n) is 5.24. The Hall–Kier alpha value is -4.42. The Balaban J connectivity index is 0.000000477. The Kier molecular flexibility index (Phi) is 13.8. The first-order valence-electron chi connectivity index (χ1n) is 14.9. The van der Waals surface area contributed by atoms with Crippen LogP contribution in [0.15, 0.2) is 91.3 Å². The van der Waals surface area contributed by atoms with Gasteiger partial charge in [-0.3, -0.25) is 9.78 Å². The Morgan fingerprint density at radius 3 is 1.91 bits per heavy atom. The summed E-state index contributed by atoms with van der Waals surface area (Å²) in [6.07, 6.45) is 6.14. The molecule has 0 bridgehead atoms. The number of aromatic nitrogens is 1. The lowest BCUT2D eigenvalue weighted by atomic mass is 9.72. The van der Waals surface area contributed by atoms with Crippen LogP contribution in [-0.4, -0.2) is 91.6 Å².